The lowest BCUT2D eigenvalue weighted by atomic mass is 10.2. The summed E-state index contributed by atoms with van der Waals surface area (Å²) in [7, 11) is 2.99. The number of nitrogens with zero attached hydrogens (tertiary/aromatic N) is 4. The fraction of sp³-hybridized carbons (Fsp3) is 0.105. The molecule has 3 aromatic heterocycles. The van der Waals surface area contributed by atoms with Crippen molar-refractivity contribution in [3.05, 3.63) is 64.7 Å². The van der Waals surface area contributed by atoms with Gasteiger partial charge in [-0.05, 0) is 30.3 Å². The van der Waals surface area contributed by atoms with Crippen molar-refractivity contribution in [2.75, 3.05) is 19.5 Å². The average Bonchev–Trinajstić information content (AvgIpc) is 3.18. The van der Waals surface area contributed by atoms with Crippen molar-refractivity contribution >= 4 is 17.5 Å². The van der Waals surface area contributed by atoms with Gasteiger partial charge in [-0.3, -0.25) is 19.6 Å². The van der Waals surface area contributed by atoms with Gasteiger partial charge in [-0.25, -0.2) is 0 Å². The van der Waals surface area contributed by atoms with Crippen LogP contribution in [0.5, 0.6) is 11.5 Å². The van der Waals surface area contributed by atoms with E-state index in [-0.39, 0.29) is 11.6 Å². The Balaban J connectivity index is 1.71. The first-order chi connectivity index (χ1) is 14.1. The van der Waals surface area contributed by atoms with Gasteiger partial charge in [0.1, 0.15) is 5.82 Å². The van der Waals surface area contributed by atoms with E-state index >= 15 is 0 Å². The molecule has 10 heteroatoms. The summed E-state index contributed by atoms with van der Waals surface area (Å²) in [5.74, 6) is 1.19. The topological polar surface area (TPSA) is 124 Å². The molecule has 0 unspecified atom stereocenters. The average molecular weight is 392 g/mol. The second-order valence-corrected chi connectivity index (χ2v) is 5.96. The Morgan fingerprint density at radius 1 is 1.14 bits per heavy atom. The quantitative estimate of drug-likeness (QED) is 0.530. The van der Waals surface area contributed by atoms with Crippen molar-refractivity contribution in [1.82, 2.24) is 24.6 Å². The van der Waals surface area contributed by atoms with Crippen LogP contribution in [0.25, 0.3) is 17.2 Å². The molecule has 0 saturated heterocycles. The highest BCUT2D eigenvalue weighted by Gasteiger charge is 2.15. The molecule has 1 amide bonds. The number of aromatic amines is 1. The van der Waals surface area contributed by atoms with Crippen LogP contribution in [0, 0.1) is 0 Å². The zero-order chi connectivity index (χ0) is 20.4. The Labute approximate surface area is 164 Å². The van der Waals surface area contributed by atoms with E-state index in [1.807, 2.05) is 0 Å². The number of carbonyl (C=O) groups is 1. The number of fused-ring (bicyclic) bond motifs is 1. The maximum atomic E-state index is 12.7. The molecule has 0 aliphatic carbocycles. The van der Waals surface area contributed by atoms with Crippen molar-refractivity contribution in [1.29, 1.82) is 0 Å². The summed E-state index contributed by atoms with van der Waals surface area (Å²) < 4.78 is 11.8. The monoisotopic (exact) mass is 392 g/mol. The summed E-state index contributed by atoms with van der Waals surface area (Å²) in [6.45, 7) is 0. The third-order valence-electron chi connectivity index (χ3n) is 4.15. The summed E-state index contributed by atoms with van der Waals surface area (Å²) in [5.41, 5.74) is 0.572. The summed E-state index contributed by atoms with van der Waals surface area (Å²) in [6, 6.07) is 9.53. The normalized spacial score (nSPS) is 10.7. The highest BCUT2D eigenvalue weighted by atomic mass is 16.5. The van der Waals surface area contributed by atoms with Crippen molar-refractivity contribution in [3.63, 3.8) is 0 Å². The van der Waals surface area contributed by atoms with E-state index in [4.69, 9.17) is 9.47 Å². The number of hydrogen-bond donors (Lipinski definition) is 2. The van der Waals surface area contributed by atoms with Crippen LogP contribution in [0.3, 0.4) is 0 Å². The largest absolute Gasteiger partial charge is 0.493 e. The van der Waals surface area contributed by atoms with Crippen molar-refractivity contribution < 1.29 is 14.3 Å². The maximum absolute atomic E-state index is 12.7. The van der Waals surface area contributed by atoms with E-state index in [9.17, 15) is 9.59 Å². The lowest BCUT2D eigenvalue weighted by Gasteiger charge is -2.10. The Kier molecular flexibility index (Phi) is 4.65. The molecule has 0 saturated carbocycles. The number of rotatable bonds is 5. The van der Waals surface area contributed by atoms with Gasteiger partial charge in [0.05, 0.1) is 14.2 Å². The summed E-state index contributed by atoms with van der Waals surface area (Å²) in [5, 5.41) is 7.05. The lowest BCUT2D eigenvalue weighted by Crippen LogP contribution is -2.18. The third kappa shape index (κ3) is 3.50. The number of pyridine rings is 1. The van der Waals surface area contributed by atoms with Gasteiger partial charge in [-0.1, -0.05) is 0 Å². The van der Waals surface area contributed by atoms with Gasteiger partial charge in [0.2, 0.25) is 5.78 Å². The van der Waals surface area contributed by atoms with Crippen LogP contribution in [-0.2, 0) is 0 Å². The molecule has 0 radical (unpaired) electrons. The number of aromatic nitrogens is 5. The van der Waals surface area contributed by atoms with Crippen LogP contribution in [-0.4, -0.2) is 44.7 Å². The smallest absolute Gasteiger partial charge is 0.256 e. The molecule has 0 aliphatic heterocycles. The van der Waals surface area contributed by atoms with Gasteiger partial charge < -0.3 is 14.8 Å². The van der Waals surface area contributed by atoms with Crippen LogP contribution < -0.4 is 20.3 Å². The number of anilines is 1. The first kappa shape index (κ1) is 18.2. The van der Waals surface area contributed by atoms with Gasteiger partial charge in [0.15, 0.2) is 17.3 Å². The molecular weight excluding hydrogens is 376 g/mol. The minimum absolute atomic E-state index is 0.172. The van der Waals surface area contributed by atoms with Crippen molar-refractivity contribution in [3.8, 4) is 22.9 Å². The third-order valence-corrected chi connectivity index (χ3v) is 4.15. The van der Waals surface area contributed by atoms with E-state index in [0.29, 0.717) is 28.5 Å². The predicted octanol–water partition coefficient (Wildman–Crippen LogP) is 1.75. The summed E-state index contributed by atoms with van der Waals surface area (Å²) in [6.07, 6.45) is 3.24. The fourth-order valence-corrected chi connectivity index (χ4v) is 2.76. The van der Waals surface area contributed by atoms with Crippen molar-refractivity contribution in [2.24, 2.45) is 0 Å². The lowest BCUT2D eigenvalue weighted by molar-refractivity contribution is 0.102. The predicted molar refractivity (Wildman–Crippen MR) is 104 cm³/mol. The molecule has 3 heterocycles. The molecule has 29 heavy (non-hydrogen) atoms. The zero-order valence-corrected chi connectivity index (χ0v) is 15.5. The second kappa shape index (κ2) is 7.43. The van der Waals surface area contributed by atoms with Crippen molar-refractivity contribution in [2.45, 2.75) is 0 Å². The first-order valence-corrected chi connectivity index (χ1v) is 8.53. The molecule has 1 aromatic carbocycles. The molecule has 4 aromatic rings. The molecule has 0 aliphatic rings. The Hall–Kier alpha value is -4.21. The second-order valence-electron chi connectivity index (χ2n) is 5.96. The van der Waals surface area contributed by atoms with Crippen LogP contribution >= 0.6 is 0 Å². The van der Waals surface area contributed by atoms with E-state index in [2.05, 4.69) is 25.4 Å². The fourth-order valence-electron chi connectivity index (χ4n) is 2.76. The number of amides is 1. The number of methoxy groups -OCH3 is 2. The molecule has 0 spiro atoms. The first-order valence-electron chi connectivity index (χ1n) is 8.53. The number of nitrogens with one attached hydrogen (secondary N) is 2. The van der Waals surface area contributed by atoms with Gasteiger partial charge in [-0.15, -0.1) is 5.10 Å². The van der Waals surface area contributed by atoms with Gasteiger partial charge in [0.25, 0.3) is 11.5 Å². The molecule has 0 atom stereocenters. The highest BCUT2D eigenvalue weighted by Crippen LogP contribution is 2.27. The maximum Gasteiger partial charge on any atom is 0.256 e. The minimum atomic E-state index is -0.448. The van der Waals surface area contributed by atoms with Crippen LogP contribution in [0.4, 0.5) is 5.82 Å². The minimum Gasteiger partial charge on any atom is -0.493 e. The molecule has 10 nitrogen and oxygen atoms in total. The number of H-pyrrole nitrogens is 1. The van der Waals surface area contributed by atoms with Crippen LogP contribution in [0.15, 0.2) is 53.6 Å². The molecule has 0 bridgehead atoms. The van der Waals surface area contributed by atoms with E-state index in [0.717, 1.165) is 0 Å². The van der Waals surface area contributed by atoms with Gasteiger partial charge >= 0.3 is 0 Å². The molecular formula is C19H16N6O4. The number of ether oxygens (including phenoxy) is 2. The molecule has 2 N–H and O–H groups in total. The molecule has 146 valence electrons. The standard InChI is InChI=1S/C19H16N6O4/c1-28-13-6-5-11(8-14(13)29-2)18(27)21-15-9-16(26)22-19-23-17(24-25(15)19)12-4-3-7-20-10-12/h3-10H,1-2H3,(H,21,27)(H,22,23,24,26). The summed E-state index contributed by atoms with van der Waals surface area (Å²) in [4.78, 5) is 35.7. The zero-order valence-electron chi connectivity index (χ0n) is 15.5. The Morgan fingerprint density at radius 3 is 2.69 bits per heavy atom. The number of benzene rings is 1. The van der Waals surface area contributed by atoms with Gasteiger partial charge in [-0.2, -0.15) is 9.50 Å². The van der Waals surface area contributed by atoms with E-state index in [1.54, 1.807) is 42.7 Å². The molecule has 0 fully saturated rings. The van der Waals surface area contributed by atoms with Crippen LogP contribution in [0.1, 0.15) is 10.4 Å². The highest BCUT2D eigenvalue weighted by molar-refractivity contribution is 6.04. The van der Waals surface area contributed by atoms with Gasteiger partial charge in [0, 0.05) is 29.6 Å². The Morgan fingerprint density at radius 2 is 1.97 bits per heavy atom. The SMILES string of the molecule is COc1ccc(C(=O)Nc2cc(=O)[nH]c3nc(-c4cccnc4)nn23)cc1OC. The van der Waals surface area contributed by atoms with E-state index < -0.39 is 11.5 Å². The summed E-state index contributed by atoms with van der Waals surface area (Å²) >= 11 is 0. The van der Waals surface area contributed by atoms with Crippen LogP contribution in [0.2, 0.25) is 0 Å². The molecule has 4 rings (SSSR count). The van der Waals surface area contributed by atoms with E-state index in [1.165, 1.54) is 24.8 Å². The Bertz CT molecular complexity index is 1250. The number of carbonyl (C=O) groups excluding carboxylic acids is 1. The number of hydrogen-bond acceptors (Lipinski definition) is 7.